The minimum atomic E-state index is 0.719. The van der Waals surface area contributed by atoms with Gasteiger partial charge in [-0.25, -0.2) is 0 Å². The number of nitrogens with zero attached hydrogens (tertiary/aromatic N) is 1. The largest absolute Gasteiger partial charge is 0.314 e. The van der Waals surface area contributed by atoms with E-state index in [1.54, 1.807) is 0 Å². The van der Waals surface area contributed by atoms with Gasteiger partial charge in [-0.15, -0.1) is 0 Å². The van der Waals surface area contributed by atoms with Gasteiger partial charge in [-0.3, -0.25) is 0 Å². The lowest BCUT2D eigenvalue weighted by molar-refractivity contribution is -0.0813. The summed E-state index contributed by atoms with van der Waals surface area (Å²) >= 11 is 0. The zero-order valence-electron chi connectivity index (χ0n) is 12.2. The highest BCUT2D eigenvalue weighted by Crippen LogP contribution is 2.06. The summed E-state index contributed by atoms with van der Waals surface area (Å²) in [7, 11) is 0. The van der Waals surface area contributed by atoms with Crippen LogP contribution in [0.1, 0.15) is 25.0 Å². The van der Waals surface area contributed by atoms with Crippen molar-refractivity contribution in [2.24, 2.45) is 0 Å². The predicted molar refractivity (Wildman–Crippen MR) is 86.5 cm³/mol. The molecule has 0 saturated carbocycles. The summed E-state index contributed by atoms with van der Waals surface area (Å²) in [4.78, 5) is 0. The molecule has 0 aliphatic rings. The number of hydrogen-bond donors (Lipinski definition) is 1. The summed E-state index contributed by atoms with van der Waals surface area (Å²) in [6, 6.07) is 20.6. The van der Waals surface area contributed by atoms with Crippen molar-refractivity contribution in [2.75, 3.05) is 13.1 Å². The topological polar surface area (TPSA) is 23.5 Å². The minimum Gasteiger partial charge on any atom is -0.314 e. The molecule has 0 heterocycles. The van der Waals surface area contributed by atoms with Gasteiger partial charge >= 0.3 is 0 Å². The normalized spacial score (nSPS) is 10.4. The molecule has 0 bridgehead atoms. The molecule has 0 atom stereocenters. The fraction of sp³-hybridized carbons (Fsp3) is 0.222. The second kappa shape index (κ2) is 9.96. The van der Waals surface area contributed by atoms with Gasteiger partial charge < -0.3 is 5.21 Å². The van der Waals surface area contributed by atoms with E-state index in [1.165, 1.54) is 16.2 Å². The fourth-order valence-corrected chi connectivity index (χ4v) is 1.54. The third-order valence-electron chi connectivity index (χ3n) is 2.80. The third-order valence-corrected chi connectivity index (χ3v) is 2.80. The average molecular weight is 269 g/mol. The molecule has 0 fully saturated rings. The maximum atomic E-state index is 8.50. The Morgan fingerprint density at radius 1 is 0.750 bits per heavy atom. The van der Waals surface area contributed by atoms with Gasteiger partial charge in [0.05, 0.1) is 0 Å². The van der Waals surface area contributed by atoms with E-state index in [0.717, 1.165) is 13.1 Å². The van der Waals surface area contributed by atoms with Crippen molar-refractivity contribution in [2.45, 2.75) is 13.8 Å². The summed E-state index contributed by atoms with van der Waals surface area (Å²) in [5.41, 5.74) is 2.47. The van der Waals surface area contributed by atoms with Crippen LogP contribution in [0, 0.1) is 0 Å². The molecule has 0 spiro atoms. The Kier molecular flexibility index (Phi) is 8.04. The van der Waals surface area contributed by atoms with Crippen LogP contribution in [0.5, 0.6) is 0 Å². The summed E-state index contributed by atoms with van der Waals surface area (Å²) in [6.07, 6.45) is 4.24. The van der Waals surface area contributed by atoms with Crippen molar-refractivity contribution in [1.29, 1.82) is 0 Å². The second-order valence-corrected chi connectivity index (χ2v) is 4.29. The SMILES string of the molecule is C(=C\c1ccccc1)/c1ccccc1.CCN(O)CC. The van der Waals surface area contributed by atoms with Crippen LogP contribution in [-0.4, -0.2) is 23.4 Å². The number of rotatable bonds is 4. The first-order valence-electron chi connectivity index (χ1n) is 6.98. The Morgan fingerprint density at radius 2 is 1.10 bits per heavy atom. The molecule has 2 nitrogen and oxygen atoms in total. The molecule has 0 aliphatic carbocycles. The van der Waals surface area contributed by atoms with Gasteiger partial charge in [0.15, 0.2) is 0 Å². The molecule has 0 saturated heterocycles. The molecule has 2 aromatic carbocycles. The van der Waals surface area contributed by atoms with Crippen molar-refractivity contribution >= 4 is 12.2 Å². The van der Waals surface area contributed by atoms with Gasteiger partial charge in [0.1, 0.15) is 0 Å². The Morgan fingerprint density at radius 3 is 1.35 bits per heavy atom. The van der Waals surface area contributed by atoms with Gasteiger partial charge in [-0.1, -0.05) is 86.7 Å². The van der Waals surface area contributed by atoms with Gasteiger partial charge in [0.25, 0.3) is 0 Å². The van der Waals surface area contributed by atoms with E-state index in [9.17, 15) is 0 Å². The van der Waals surface area contributed by atoms with Crippen molar-refractivity contribution in [3.05, 3.63) is 71.8 Å². The fourth-order valence-electron chi connectivity index (χ4n) is 1.54. The van der Waals surface area contributed by atoms with Crippen LogP contribution in [0.15, 0.2) is 60.7 Å². The molecule has 1 N–H and O–H groups in total. The predicted octanol–water partition coefficient (Wildman–Crippen LogP) is 4.57. The molecule has 2 rings (SSSR count). The van der Waals surface area contributed by atoms with E-state index in [2.05, 4.69) is 36.4 Å². The van der Waals surface area contributed by atoms with Crippen LogP contribution in [0.25, 0.3) is 12.2 Å². The molecule has 2 heteroatoms. The molecule has 2 aromatic rings. The number of hydrogen-bond acceptors (Lipinski definition) is 2. The van der Waals surface area contributed by atoms with E-state index >= 15 is 0 Å². The molecule has 20 heavy (non-hydrogen) atoms. The standard InChI is InChI=1S/C14H12.C4H11NO/c1-3-7-13(8-4-1)11-12-14-9-5-2-6-10-14;1-3-5(6)4-2/h1-12H;6H,3-4H2,1-2H3/b12-11+;. The smallest absolute Gasteiger partial charge is 0.0209 e. The lowest BCUT2D eigenvalue weighted by Crippen LogP contribution is -2.16. The van der Waals surface area contributed by atoms with Gasteiger partial charge in [-0.2, -0.15) is 5.06 Å². The van der Waals surface area contributed by atoms with Gasteiger partial charge in [-0.05, 0) is 11.1 Å². The highest BCUT2D eigenvalue weighted by Gasteiger charge is 1.85. The molecular formula is C18H23NO. The Hall–Kier alpha value is -1.90. The zero-order valence-corrected chi connectivity index (χ0v) is 12.2. The molecule has 0 unspecified atom stereocenters. The van der Waals surface area contributed by atoms with Crippen molar-refractivity contribution in [1.82, 2.24) is 5.06 Å². The van der Waals surface area contributed by atoms with Crippen molar-refractivity contribution in [3.63, 3.8) is 0 Å². The van der Waals surface area contributed by atoms with Gasteiger partial charge in [0, 0.05) is 13.1 Å². The lowest BCUT2D eigenvalue weighted by Gasteiger charge is -2.05. The molecule has 0 radical (unpaired) electrons. The van der Waals surface area contributed by atoms with E-state index in [4.69, 9.17) is 5.21 Å². The van der Waals surface area contributed by atoms with Crippen LogP contribution in [0.2, 0.25) is 0 Å². The first kappa shape index (κ1) is 16.2. The quantitative estimate of drug-likeness (QED) is 0.649. The Balaban J connectivity index is 0.000000286. The van der Waals surface area contributed by atoms with E-state index in [0.29, 0.717) is 0 Å². The van der Waals surface area contributed by atoms with E-state index < -0.39 is 0 Å². The second-order valence-electron chi connectivity index (χ2n) is 4.29. The van der Waals surface area contributed by atoms with Crippen LogP contribution in [0.3, 0.4) is 0 Å². The Labute approximate surface area is 122 Å². The summed E-state index contributed by atoms with van der Waals surface area (Å²) in [5, 5.41) is 9.75. The van der Waals surface area contributed by atoms with Crippen LogP contribution in [0.4, 0.5) is 0 Å². The number of hydroxylamine groups is 2. The molecular weight excluding hydrogens is 246 g/mol. The summed E-state index contributed by atoms with van der Waals surface area (Å²) in [5.74, 6) is 0. The molecule has 0 amide bonds. The van der Waals surface area contributed by atoms with E-state index in [-0.39, 0.29) is 0 Å². The number of benzene rings is 2. The monoisotopic (exact) mass is 269 g/mol. The maximum absolute atomic E-state index is 8.50. The van der Waals surface area contributed by atoms with Crippen LogP contribution in [-0.2, 0) is 0 Å². The zero-order chi connectivity index (χ0) is 14.6. The first-order valence-corrected chi connectivity index (χ1v) is 6.98. The highest BCUT2D eigenvalue weighted by molar-refractivity contribution is 5.69. The Bertz CT molecular complexity index is 434. The maximum Gasteiger partial charge on any atom is 0.0209 e. The lowest BCUT2D eigenvalue weighted by atomic mass is 10.1. The highest BCUT2D eigenvalue weighted by atomic mass is 16.5. The molecule has 0 aliphatic heterocycles. The van der Waals surface area contributed by atoms with Crippen LogP contribution >= 0.6 is 0 Å². The van der Waals surface area contributed by atoms with Crippen molar-refractivity contribution in [3.8, 4) is 0 Å². The summed E-state index contributed by atoms with van der Waals surface area (Å²) < 4.78 is 0. The van der Waals surface area contributed by atoms with E-state index in [1.807, 2.05) is 50.2 Å². The van der Waals surface area contributed by atoms with Crippen molar-refractivity contribution < 1.29 is 5.21 Å². The average Bonchev–Trinajstić information content (AvgIpc) is 2.54. The third kappa shape index (κ3) is 6.88. The minimum absolute atomic E-state index is 0.719. The first-order chi connectivity index (χ1) is 9.76. The van der Waals surface area contributed by atoms with Gasteiger partial charge in [0.2, 0.25) is 0 Å². The molecule has 0 aromatic heterocycles. The van der Waals surface area contributed by atoms with Crippen LogP contribution < -0.4 is 0 Å². The summed E-state index contributed by atoms with van der Waals surface area (Å²) in [6.45, 7) is 5.25. The molecule has 106 valence electrons.